The zero-order chi connectivity index (χ0) is 13.0. The zero-order valence-corrected chi connectivity index (χ0v) is 10.6. The molecule has 1 heterocycles. The van der Waals surface area contributed by atoms with Crippen LogP contribution in [0.1, 0.15) is 30.4 Å². The largest absolute Gasteiger partial charge is 0.396 e. The number of nitrogens with two attached hydrogens (primary N) is 1. The molecular weight excluding hydrogens is 231 g/mol. The SMILES string of the molecule is NCc1ccc(CN2CCCC2CCO)c(F)c1. The second-order valence-electron chi connectivity index (χ2n) is 4.91. The summed E-state index contributed by atoms with van der Waals surface area (Å²) in [5.41, 5.74) is 7.03. The lowest BCUT2D eigenvalue weighted by molar-refractivity contribution is 0.188. The number of benzene rings is 1. The monoisotopic (exact) mass is 252 g/mol. The van der Waals surface area contributed by atoms with E-state index in [4.69, 9.17) is 10.8 Å². The van der Waals surface area contributed by atoms with Gasteiger partial charge in [0.2, 0.25) is 0 Å². The highest BCUT2D eigenvalue weighted by Crippen LogP contribution is 2.23. The first kappa shape index (κ1) is 13.5. The first-order chi connectivity index (χ1) is 8.74. The van der Waals surface area contributed by atoms with E-state index in [0.717, 1.165) is 36.9 Å². The summed E-state index contributed by atoms with van der Waals surface area (Å²) in [5, 5.41) is 9.02. The van der Waals surface area contributed by atoms with Crippen LogP contribution in [0.25, 0.3) is 0 Å². The van der Waals surface area contributed by atoms with Crippen LogP contribution in [0, 0.1) is 5.82 Å². The van der Waals surface area contributed by atoms with Gasteiger partial charge in [-0.25, -0.2) is 4.39 Å². The van der Waals surface area contributed by atoms with Gasteiger partial charge >= 0.3 is 0 Å². The fourth-order valence-electron chi connectivity index (χ4n) is 2.64. The normalized spacial score (nSPS) is 20.5. The Hall–Kier alpha value is -0.970. The highest BCUT2D eigenvalue weighted by molar-refractivity contribution is 5.24. The van der Waals surface area contributed by atoms with Gasteiger partial charge in [-0.05, 0) is 37.4 Å². The Kier molecular flexibility index (Phi) is 4.69. The average Bonchev–Trinajstić information content (AvgIpc) is 2.80. The summed E-state index contributed by atoms with van der Waals surface area (Å²) in [7, 11) is 0. The molecular formula is C14H21FN2O. The highest BCUT2D eigenvalue weighted by Gasteiger charge is 2.24. The minimum Gasteiger partial charge on any atom is -0.396 e. The summed E-state index contributed by atoms with van der Waals surface area (Å²) in [6, 6.07) is 5.62. The van der Waals surface area contributed by atoms with E-state index in [0.29, 0.717) is 19.1 Å². The Labute approximate surface area is 107 Å². The van der Waals surface area contributed by atoms with Gasteiger partial charge in [-0.3, -0.25) is 4.90 Å². The molecule has 100 valence electrons. The van der Waals surface area contributed by atoms with Gasteiger partial charge in [-0.15, -0.1) is 0 Å². The summed E-state index contributed by atoms with van der Waals surface area (Å²) >= 11 is 0. The quantitative estimate of drug-likeness (QED) is 0.837. The Morgan fingerprint density at radius 1 is 1.44 bits per heavy atom. The van der Waals surface area contributed by atoms with Crippen molar-refractivity contribution in [2.75, 3.05) is 13.2 Å². The second kappa shape index (κ2) is 6.27. The third-order valence-electron chi connectivity index (χ3n) is 3.69. The number of likely N-dealkylation sites (tertiary alicyclic amines) is 1. The van der Waals surface area contributed by atoms with E-state index in [-0.39, 0.29) is 12.4 Å². The number of hydrogen-bond donors (Lipinski definition) is 2. The van der Waals surface area contributed by atoms with Crippen molar-refractivity contribution >= 4 is 0 Å². The van der Waals surface area contributed by atoms with Gasteiger partial charge < -0.3 is 10.8 Å². The number of nitrogens with zero attached hydrogens (tertiary/aromatic N) is 1. The fourth-order valence-corrected chi connectivity index (χ4v) is 2.64. The molecule has 3 nitrogen and oxygen atoms in total. The number of aliphatic hydroxyl groups excluding tert-OH is 1. The molecule has 1 aromatic carbocycles. The standard InChI is InChI=1S/C14H21FN2O/c15-14-8-11(9-16)3-4-12(14)10-17-6-1-2-13(17)5-7-18/h3-4,8,13,18H,1-2,5-7,9-10,16H2. The van der Waals surface area contributed by atoms with Crippen molar-refractivity contribution in [3.8, 4) is 0 Å². The molecule has 0 radical (unpaired) electrons. The van der Waals surface area contributed by atoms with Gasteiger partial charge in [0.05, 0.1) is 0 Å². The van der Waals surface area contributed by atoms with Crippen molar-refractivity contribution in [2.45, 2.75) is 38.4 Å². The van der Waals surface area contributed by atoms with Crippen molar-refractivity contribution in [3.05, 3.63) is 35.1 Å². The lowest BCUT2D eigenvalue weighted by Crippen LogP contribution is -2.30. The third-order valence-corrected chi connectivity index (χ3v) is 3.69. The van der Waals surface area contributed by atoms with Gasteiger partial charge in [-0.1, -0.05) is 12.1 Å². The smallest absolute Gasteiger partial charge is 0.128 e. The summed E-state index contributed by atoms with van der Waals surface area (Å²) in [6.45, 7) is 2.19. The predicted molar refractivity (Wildman–Crippen MR) is 69.4 cm³/mol. The van der Waals surface area contributed by atoms with Crippen molar-refractivity contribution in [2.24, 2.45) is 5.73 Å². The van der Waals surface area contributed by atoms with Crippen LogP contribution in [0.4, 0.5) is 4.39 Å². The highest BCUT2D eigenvalue weighted by atomic mass is 19.1. The Balaban J connectivity index is 2.04. The summed E-state index contributed by atoms with van der Waals surface area (Å²) in [6.07, 6.45) is 3.01. The van der Waals surface area contributed by atoms with Gasteiger partial charge in [0.15, 0.2) is 0 Å². The second-order valence-corrected chi connectivity index (χ2v) is 4.91. The molecule has 1 aliphatic rings. The number of rotatable bonds is 5. The topological polar surface area (TPSA) is 49.5 Å². The molecule has 0 aromatic heterocycles. The van der Waals surface area contributed by atoms with E-state index >= 15 is 0 Å². The van der Waals surface area contributed by atoms with E-state index in [9.17, 15) is 4.39 Å². The fraction of sp³-hybridized carbons (Fsp3) is 0.571. The lowest BCUT2D eigenvalue weighted by atomic mass is 10.1. The number of halogens is 1. The van der Waals surface area contributed by atoms with E-state index in [2.05, 4.69) is 4.90 Å². The zero-order valence-electron chi connectivity index (χ0n) is 10.6. The van der Waals surface area contributed by atoms with Crippen LogP contribution in [-0.2, 0) is 13.1 Å². The summed E-state index contributed by atoms with van der Waals surface area (Å²) in [5.74, 6) is -0.174. The third kappa shape index (κ3) is 3.07. The first-order valence-corrected chi connectivity index (χ1v) is 6.57. The molecule has 18 heavy (non-hydrogen) atoms. The van der Waals surface area contributed by atoms with Crippen LogP contribution in [0.5, 0.6) is 0 Å². The van der Waals surface area contributed by atoms with Gasteiger partial charge in [0.25, 0.3) is 0 Å². The van der Waals surface area contributed by atoms with E-state index in [1.165, 1.54) is 6.07 Å². The molecule has 0 saturated carbocycles. The molecule has 1 aliphatic heterocycles. The van der Waals surface area contributed by atoms with Crippen LogP contribution in [0.2, 0.25) is 0 Å². The molecule has 1 atom stereocenters. The lowest BCUT2D eigenvalue weighted by Gasteiger charge is -2.24. The molecule has 0 aliphatic carbocycles. The van der Waals surface area contributed by atoms with E-state index in [1.807, 2.05) is 12.1 Å². The number of hydrogen-bond acceptors (Lipinski definition) is 3. The summed E-state index contributed by atoms with van der Waals surface area (Å²) in [4.78, 5) is 2.26. The van der Waals surface area contributed by atoms with Crippen LogP contribution < -0.4 is 5.73 Å². The molecule has 1 unspecified atom stereocenters. The average molecular weight is 252 g/mol. The van der Waals surface area contributed by atoms with E-state index in [1.54, 1.807) is 0 Å². The molecule has 4 heteroatoms. The number of aliphatic hydroxyl groups is 1. The van der Waals surface area contributed by atoms with Crippen molar-refractivity contribution in [1.29, 1.82) is 0 Å². The van der Waals surface area contributed by atoms with Crippen LogP contribution in [-0.4, -0.2) is 29.2 Å². The maximum absolute atomic E-state index is 13.9. The van der Waals surface area contributed by atoms with Gasteiger partial charge in [0, 0.05) is 31.3 Å². The van der Waals surface area contributed by atoms with E-state index < -0.39 is 0 Å². The maximum Gasteiger partial charge on any atom is 0.128 e. The molecule has 3 N–H and O–H groups in total. The van der Waals surface area contributed by atoms with Gasteiger partial charge in [0.1, 0.15) is 5.82 Å². The molecule has 1 fully saturated rings. The van der Waals surface area contributed by atoms with Crippen LogP contribution in [0.3, 0.4) is 0 Å². The molecule has 0 spiro atoms. The molecule has 1 saturated heterocycles. The first-order valence-electron chi connectivity index (χ1n) is 6.57. The minimum absolute atomic E-state index is 0.174. The van der Waals surface area contributed by atoms with Crippen LogP contribution >= 0.6 is 0 Å². The Morgan fingerprint density at radius 2 is 2.28 bits per heavy atom. The minimum atomic E-state index is -0.174. The Bertz CT molecular complexity index is 397. The molecule has 1 aromatic rings. The maximum atomic E-state index is 13.9. The predicted octanol–water partition coefficient (Wildman–Crippen LogP) is 1.63. The summed E-state index contributed by atoms with van der Waals surface area (Å²) < 4.78 is 13.9. The van der Waals surface area contributed by atoms with Crippen molar-refractivity contribution in [1.82, 2.24) is 4.90 Å². The van der Waals surface area contributed by atoms with Crippen LogP contribution in [0.15, 0.2) is 18.2 Å². The van der Waals surface area contributed by atoms with Crippen molar-refractivity contribution in [3.63, 3.8) is 0 Å². The molecule has 0 bridgehead atoms. The Morgan fingerprint density at radius 3 is 2.94 bits per heavy atom. The molecule has 0 amide bonds. The molecule has 2 rings (SSSR count). The van der Waals surface area contributed by atoms with Gasteiger partial charge in [-0.2, -0.15) is 0 Å². The van der Waals surface area contributed by atoms with Crippen molar-refractivity contribution < 1.29 is 9.50 Å².